The van der Waals surface area contributed by atoms with E-state index >= 15 is 0 Å². The molecule has 8 nitrogen and oxygen atoms in total. The minimum Gasteiger partial charge on any atom is -0.318 e. The van der Waals surface area contributed by atoms with Crippen LogP contribution in [0.5, 0.6) is 0 Å². The molecule has 138 valence electrons. The standard InChI is InChI=1S/C18H16N4O4S/c1-10-8-13(9-16-17(24)20-18(27-16)19-12(3)23)11(2)21(10)14-4-6-15(7-5-14)22(25)26/h4-9H,1-3H3,(H,19,20,23,24)/b16-9-. The van der Waals surface area contributed by atoms with E-state index in [1.807, 2.05) is 24.5 Å². The second kappa shape index (κ2) is 7.20. The number of carbonyl (C=O) groups excluding carboxylic acids is 2. The third kappa shape index (κ3) is 3.82. The molecule has 1 aliphatic rings. The fourth-order valence-electron chi connectivity index (χ4n) is 2.81. The lowest BCUT2D eigenvalue weighted by Crippen LogP contribution is -2.23. The van der Waals surface area contributed by atoms with Crippen molar-refractivity contribution in [3.8, 4) is 5.69 Å². The molecule has 2 amide bonds. The first-order valence-electron chi connectivity index (χ1n) is 8.00. The zero-order chi connectivity index (χ0) is 19.7. The molecule has 0 saturated heterocycles. The van der Waals surface area contributed by atoms with Gasteiger partial charge in [0.15, 0.2) is 5.17 Å². The highest BCUT2D eigenvalue weighted by Gasteiger charge is 2.23. The molecule has 0 fully saturated rings. The van der Waals surface area contributed by atoms with Gasteiger partial charge in [-0.3, -0.25) is 19.7 Å². The van der Waals surface area contributed by atoms with Crippen LogP contribution in [0.15, 0.2) is 40.2 Å². The molecular formula is C18H16N4O4S. The average molecular weight is 384 g/mol. The Bertz CT molecular complexity index is 1020. The molecule has 1 N–H and O–H groups in total. The predicted octanol–water partition coefficient (Wildman–Crippen LogP) is 3.11. The molecule has 1 aliphatic heterocycles. The van der Waals surface area contributed by atoms with E-state index in [2.05, 4.69) is 10.3 Å². The Morgan fingerprint density at radius 2 is 1.96 bits per heavy atom. The van der Waals surface area contributed by atoms with Gasteiger partial charge in [-0.15, -0.1) is 0 Å². The summed E-state index contributed by atoms with van der Waals surface area (Å²) in [5, 5.41) is 13.6. The number of aromatic nitrogens is 1. The molecule has 0 aliphatic carbocycles. The number of aryl methyl sites for hydroxylation is 1. The summed E-state index contributed by atoms with van der Waals surface area (Å²) < 4.78 is 1.95. The van der Waals surface area contributed by atoms with Crippen molar-refractivity contribution >= 4 is 40.5 Å². The fourth-order valence-corrected chi connectivity index (χ4v) is 3.66. The number of non-ortho nitro benzene ring substituents is 1. The van der Waals surface area contributed by atoms with E-state index in [1.54, 1.807) is 18.2 Å². The summed E-state index contributed by atoms with van der Waals surface area (Å²) in [6.07, 6.45) is 1.73. The van der Waals surface area contributed by atoms with Crippen molar-refractivity contribution in [3.63, 3.8) is 0 Å². The molecular weight excluding hydrogens is 368 g/mol. The van der Waals surface area contributed by atoms with Gasteiger partial charge in [0.1, 0.15) is 0 Å². The maximum atomic E-state index is 12.0. The van der Waals surface area contributed by atoms with Gasteiger partial charge in [0.2, 0.25) is 5.91 Å². The highest BCUT2D eigenvalue weighted by Crippen LogP contribution is 2.30. The third-order valence-corrected chi connectivity index (χ3v) is 4.88. The van der Waals surface area contributed by atoms with Crippen LogP contribution in [-0.4, -0.2) is 26.5 Å². The van der Waals surface area contributed by atoms with E-state index in [-0.39, 0.29) is 16.8 Å². The summed E-state index contributed by atoms with van der Waals surface area (Å²) in [7, 11) is 0. The van der Waals surface area contributed by atoms with Crippen molar-refractivity contribution < 1.29 is 14.5 Å². The van der Waals surface area contributed by atoms with Crippen LogP contribution in [-0.2, 0) is 9.59 Å². The lowest BCUT2D eigenvalue weighted by Gasteiger charge is -2.09. The second-order valence-corrected chi connectivity index (χ2v) is 6.98. The number of rotatable bonds is 3. The van der Waals surface area contributed by atoms with Gasteiger partial charge in [-0.2, -0.15) is 4.99 Å². The molecule has 0 radical (unpaired) electrons. The minimum atomic E-state index is -0.440. The number of nitro groups is 1. The monoisotopic (exact) mass is 384 g/mol. The molecule has 1 aromatic carbocycles. The first-order chi connectivity index (χ1) is 12.8. The van der Waals surface area contributed by atoms with Gasteiger partial charge in [-0.25, -0.2) is 0 Å². The lowest BCUT2D eigenvalue weighted by molar-refractivity contribution is -0.384. The van der Waals surface area contributed by atoms with Crippen LogP contribution in [0.4, 0.5) is 5.69 Å². The van der Waals surface area contributed by atoms with Gasteiger partial charge in [0.05, 0.1) is 9.83 Å². The van der Waals surface area contributed by atoms with Crippen molar-refractivity contribution in [3.05, 3.63) is 62.3 Å². The van der Waals surface area contributed by atoms with Crippen molar-refractivity contribution in [2.45, 2.75) is 20.8 Å². The molecule has 3 rings (SSSR count). The van der Waals surface area contributed by atoms with Crippen molar-refractivity contribution in [2.24, 2.45) is 4.99 Å². The number of aliphatic imine (C=N–C) groups is 1. The molecule has 2 heterocycles. The van der Waals surface area contributed by atoms with E-state index in [9.17, 15) is 19.7 Å². The molecule has 0 bridgehead atoms. The van der Waals surface area contributed by atoms with E-state index in [1.165, 1.54) is 19.1 Å². The number of hydrogen-bond acceptors (Lipinski definition) is 5. The molecule has 27 heavy (non-hydrogen) atoms. The van der Waals surface area contributed by atoms with Crippen LogP contribution in [0, 0.1) is 24.0 Å². The first kappa shape index (κ1) is 18.6. The Labute approximate surface area is 159 Å². The number of hydrogen-bond donors (Lipinski definition) is 1. The fraction of sp³-hybridized carbons (Fsp3) is 0.167. The van der Waals surface area contributed by atoms with Gasteiger partial charge >= 0.3 is 0 Å². The Morgan fingerprint density at radius 1 is 1.30 bits per heavy atom. The zero-order valence-corrected chi connectivity index (χ0v) is 15.7. The van der Waals surface area contributed by atoms with E-state index in [0.29, 0.717) is 4.91 Å². The van der Waals surface area contributed by atoms with Crippen LogP contribution in [0.1, 0.15) is 23.9 Å². The van der Waals surface area contributed by atoms with Gasteiger partial charge in [0, 0.05) is 36.1 Å². The van der Waals surface area contributed by atoms with Crippen molar-refractivity contribution in [2.75, 3.05) is 0 Å². The number of nitrogens with zero attached hydrogens (tertiary/aromatic N) is 3. The summed E-state index contributed by atoms with van der Waals surface area (Å²) in [5.41, 5.74) is 3.46. The predicted molar refractivity (Wildman–Crippen MR) is 104 cm³/mol. The Morgan fingerprint density at radius 3 is 2.56 bits per heavy atom. The molecule has 2 aromatic rings. The maximum Gasteiger partial charge on any atom is 0.286 e. The number of benzene rings is 1. The van der Waals surface area contributed by atoms with Gasteiger partial charge in [0.25, 0.3) is 11.6 Å². The van der Waals surface area contributed by atoms with Gasteiger partial charge in [-0.05, 0) is 55.4 Å². The number of amides is 2. The smallest absolute Gasteiger partial charge is 0.286 e. The molecule has 0 spiro atoms. The largest absolute Gasteiger partial charge is 0.318 e. The van der Waals surface area contributed by atoms with E-state index in [0.717, 1.165) is 34.4 Å². The van der Waals surface area contributed by atoms with Crippen molar-refractivity contribution in [1.82, 2.24) is 9.88 Å². The molecule has 0 unspecified atom stereocenters. The molecule has 0 atom stereocenters. The number of amidine groups is 1. The molecule has 9 heteroatoms. The van der Waals surface area contributed by atoms with E-state index in [4.69, 9.17) is 0 Å². The Balaban J connectivity index is 1.92. The summed E-state index contributed by atoms with van der Waals surface area (Å²) in [6, 6.07) is 8.20. The first-order valence-corrected chi connectivity index (χ1v) is 8.82. The lowest BCUT2D eigenvalue weighted by atomic mass is 10.2. The highest BCUT2D eigenvalue weighted by molar-refractivity contribution is 8.18. The highest BCUT2D eigenvalue weighted by atomic mass is 32.2. The minimum absolute atomic E-state index is 0.0270. The van der Waals surface area contributed by atoms with Crippen LogP contribution in [0.3, 0.4) is 0 Å². The van der Waals surface area contributed by atoms with Crippen LogP contribution in [0.2, 0.25) is 0 Å². The normalized spacial score (nSPS) is 15.1. The maximum absolute atomic E-state index is 12.0. The van der Waals surface area contributed by atoms with Crippen LogP contribution < -0.4 is 5.32 Å². The van der Waals surface area contributed by atoms with E-state index < -0.39 is 10.8 Å². The zero-order valence-electron chi connectivity index (χ0n) is 14.8. The SMILES string of the molecule is CC(=O)NC1=NC(=O)/C(=C/c2cc(C)n(-c3ccc([N+](=O)[O-])cc3)c2C)S1. The van der Waals surface area contributed by atoms with Crippen molar-refractivity contribution in [1.29, 1.82) is 0 Å². The number of carbonyl (C=O) groups is 2. The summed E-state index contributed by atoms with van der Waals surface area (Å²) in [5.74, 6) is -0.685. The second-order valence-electron chi connectivity index (χ2n) is 5.95. The number of nitrogens with one attached hydrogen (secondary N) is 1. The number of nitro benzene ring substituents is 1. The van der Waals surface area contributed by atoms with Crippen LogP contribution >= 0.6 is 11.8 Å². The summed E-state index contributed by atoms with van der Waals surface area (Å²) >= 11 is 1.11. The number of thioether (sulfide) groups is 1. The summed E-state index contributed by atoms with van der Waals surface area (Å²) in [6.45, 7) is 5.17. The Hall–Kier alpha value is -3.20. The molecule has 0 saturated carbocycles. The average Bonchev–Trinajstić information content (AvgIpc) is 3.06. The summed E-state index contributed by atoms with van der Waals surface area (Å²) in [4.78, 5) is 37.8. The quantitative estimate of drug-likeness (QED) is 0.497. The Kier molecular flexibility index (Phi) is 4.95. The molecule has 1 aromatic heterocycles. The van der Waals surface area contributed by atoms with Crippen LogP contribution in [0.25, 0.3) is 11.8 Å². The topological polar surface area (TPSA) is 107 Å². The third-order valence-electron chi connectivity index (χ3n) is 3.98. The van der Waals surface area contributed by atoms with Gasteiger partial charge in [-0.1, -0.05) is 0 Å². The van der Waals surface area contributed by atoms with Gasteiger partial charge < -0.3 is 9.88 Å².